The maximum Gasteiger partial charge on any atom is 0.261 e. The van der Waals surface area contributed by atoms with Crippen molar-refractivity contribution >= 4 is 11.7 Å². The molecule has 7 heteroatoms. The van der Waals surface area contributed by atoms with Gasteiger partial charge < -0.3 is 24.6 Å². The third kappa shape index (κ3) is 5.61. The lowest BCUT2D eigenvalue weighted by atomic mass is 9.98. The minimum atomic E-state index is -0.646. The molecule has 7 nitrogen and oxygen atoms in total. The summed E-state index contributed by atoms with van der Waals surface area (Å²) in [5, 5.41) is 20.5. The van der Waals surface area contributed by atoms with E-state index in [4.69, 9.17) is 9.47 Å². The van der Waals surface area contributed by atoms with Crippen LogP contribution in [0.25, 0.3) is 0 Å². The maximum atomic E-state index is 12.5. The van der Waals surface area contributed by atoms with Crippen LogP contribution in [0.3, 0.4) is 0 Å². The second-order valence-electron chi connectivity index (χ2n) is 8.90. The van der Waals surface area contributed by atoms with Crippen LogP contribution in [0.4, 0.5) is 0 Å². The van der Waals surface area contributed by atoms with E-state index in [1.807, 2.05) is 51.2 Å². The van der Waals surface area contributed by atoms with Crippen molar-refractivity contribution in [2.75, 3.05) is 7.05 Å². The molecule has 3 fully saturated rings. The van der Waals surface area contributed by atoms with Gasteiger partial charge in [-0.15, -0.1) is 0 Å². The molecule has 0 radical (unpaired) electrons. The number of hydrogen-bond acceptors (Lipinski definition) is 6. The number of allylic oxidation sites excluding steroid dienone is 9. The molecule has 3 aliphatic rings. The molecular formula is C26H33NO6. The molecule has 0 aromatic rings. The van der Waals surface area contributed by atoms with E-state index in [1.165, 1.54) is 11.0 Å². The van der Waals surface area contributed by atoms with Crippen molar-refractivity contribution in [2.45, 2.75) is 63.8 Å². The second kappa shape index (κ2) is 10.9. The van der Waals surface area contributed by atoms with E-state index in [1.54, 1.807) is 31.4 Å². The fourth-order valence-electron chi connectivity index (χ4n) is 4.44. The van der Waals surface area contributed by atoms with E-state index < -0.39 is 18.1 Å². The number of fused-ring (bicyclic) bond motifs is 1. The number of ether oxygens (including phenoxy) is 2. The number of hydrogen-bond donors (Lipinski definition) is 2. The van der Waals surface area contributed by atoms with Gasteiger partial charge in [-0.2, -0.15) is 0 Å². The van der Waals surface area contributed by atoms with Crippen LogP contribution < -0.4 is 0 Å². The Morgan fingerprint density at radius 1 is 1.03 bits per heavy atom. The number of rotatable bonds is 7. The summed E-state index contributed by atoms with van der Waals surface area (Å²) < 4.78 is 11.5. The number of likely N-dealkylation sites (tertiary alicyclic amines) is 1. The van der Waals surface area contributed by atoms with Crippen molar-refractivity contribution in [3.8, 4) is 0 Å². The van der Waals surface area contributed by atoms with Gasteiger partial charge in [-0.05, 0) is 18.9 Å². The van der Waals surface area contributed by atoms with Crippen LogP contribution in [0.2, 0.25) is 0 Å². The van der Waals surface area contributed by atoms with Crippen LogP contribution in [0.5, 0.6) is 0 Å². The van der Waals surface area contributed by atoms with Crippen LogP contribution in [-0.4, -0.2) is 70.4 Å². The molecule has 3 aliphatic heterocycles. The summed E-state index contributed by atoms with van der Waals surface area (Å²) >= 11 is 0. The fourth-order valence-corrected chi connectivity index (χ4v) is 4.44. The zero-order valence-electron chi connectivity index (χ0n) is 19.5. The lowest BCUT2D eigenvalue weighted by molar-refractivity contribution is -0.126. The highest BCUT2D eigenvalue weighted by Gasteiger charge is 2.48. The molecule has 0 aromatic carbocycles. The van der Waals surface area contributed by atoms with Gasteiger partial charge in [0, 0.05) is 13.5 Å². The number of carbonyl (C=O) groups excluding carboxylic acids is 2. The second-order valence-corrected chi connectivity index (χ2v) is 8.90. The predicted molar refractivity (Wildman–Crippen MR) is 125 cm³/mol. The minimum Gasteiger partial charge on any atom is -0.507 e. The molecule has 1 amide bonds. The van der Waals surface area contributed by atoms with E-state index in [2.05, 4.69) is 0 Å². The van der Waals surface area contributed by atoms with E-state index >= 15 is 0 Å². The normalized spacial score (nSPS) is 34.7. The summed E-state index contributed by atoms with van der Waals surface area (Å²) in [6, 6.07) is -0.539. The summed E-state index contributed by atoms with van der Waals surface area (Å²) in [6.07, 6.45) is 17.0. The minimum absolute atomic E-state index is 0.0260. The van der Waals surface area contributed by atoms with E-state index in [0.717, 1.165) is 6.42 Å². The van der Waals surface area contributed by atoms with Crippen LogP contribution in [-0.2, 0) is 19.1 Å². The Bertz CT molecular complexity index is 925. The first kappa shape index (κ1) is 24.9. The molecule has 0 saturated carbocycles. The smallest absolute Gasteiger partial charge is 0.261 e. The summed E-state index contributed by atoms with van der Waals surface area (Å²) in [7, 11) is 1.57. The number of likely N-dealkylation sites (N-methyl/N-ethyl adjacent to an activating group) is 1. The Hall–Kier alpha value is -2.74. The first-order valence-corrected chi connectivity index (χ1v) is 11.3. The third-order valence-corrected chi connectivity index (χ3v) is 6.01. The van der Waals surface area contributed by atoms with Crippen LogP contribution in [0.1, 0.15) is 27.2 Å². The molecule has 6 unspecified atom stereocenters. The molecule has 0 bridgehead atoms. The van der Waals surface area contributed by atoms with Crippen molar-refractivity contribution in [3.63, 3.8) is 0 Å². The SMILES string of the molecule is CC1CC2OC(/C=C/C=C/C=C/C=C/C=C/C(O)=C3/C(=O)C(C(C)C)N(C)C3=O)C(O)C2O1. The Kier molecular flexibility index (Phi) is 8.24. The largest absolute Gasteiger partial charge is 0.507 e. The van der Waals surface area contributed by atoms with Gasteiger partial charge in [0.1, 0.15) is 29.6 Å². The van der Waals surface area contributed by atoms with Crippen molar-refractivity contribution in [3.05, 3.63) is 72.1 Å². The molecule has 33 heavy (non-hydrogen) atoms. The van der Waals surface area contributed by atoms with Crippen molar-refractivity contribution < 1.29 is 29.3 Å². The van der Waals surface area contributed by atoms with Gasteiger partial charge in [0.05, 0.1) is 18.2 Å². The number of aliphatic hydroxyl groups excluding tert-OH is 2. The molecule has 2 N–H and O–H groups in total. The average Bonchev–Trinajstić information content (AvgIpc) is 3.33. The Morgan fingerprint density at radius 3 is 2.21 bits per heavy atom. The molecular weight excluding hydrogens is 422 g/mol. The monoisotopic (exact) mass is 455 g/mol. The number of Topliss-reactive ketones (excluding diaryl/α,β-unsaturated/α-hetero) is 1. The summed E-state index contributed by atoms with van der Waals surface area (Å²) in [4.78, 5) is 26.1. The van der Waals surface area contributed by atoms with Gasteiger partial charge in [-0.1, -0.05) is 68.5 Å². The predicted octanol–water partition coefficient (Wildman–Crippen LogP) is 2.95. The standard InChI is InChI=1S/C26H33NO6/c1-16(2)22-24(30)21(26(31)27(22)4)18(28)13-11-9-7-5-6-8-10-12-14-19-23(29)25-20(33-19)15-17(3)32-25/h5-14,16-17,19-20,22-23,25,28-29H,15H2,1-4H3/b6-5+,9-7+,10-8+,13-11+,14-12+,21-18+. The van der Waals surface area contributed by atoms with Gasteiger partial charge in [-0.3, -0.25) is 9.59 Å². The maximum absolute atomic E-state index is 12.5. The van der Waals surface area contributed by atoms with Gasteiger partial charge in [0.15, 0.2) is 5.78 Å². The lowest BCUT2D eigenvalue weighted by Crippen LogP contribution is -2.36. The highest BCUT2D eigenvalue weighted by Crippen LogP contribution is 2.34. The third-order valence-electron chi connectivity index (χ3n) is 6.01. The Morgan fingerprint density at radius 2 is 1.64 bits per heavy atom. The number of carbonyl (C=O) groups is 2. The number of nitrogens with zero attached hydrogens (tertiary/aromatic N) is 1. The van der Waals surface area contributed by atoms with Crippen molar-refractivity contribution in [1.29, 1.82) is 0 Å². The molecule has 3 rings (SSSR count). The zero-order valence-corrected chi connectivity index (χ0v) is 19.5. The zero-order chi connectivity index (χ0) is 24.1. The first-order valence-electron chi connectivity index (χ1n) is 11.3. The van der Waals surface area contributed by atoms with Crippen LogP contribution in [0.15, 0.2) is 72.1 Å². The van der Waals surface area contributed by atoms with Gasteiger partial charge in [0.2, 0.25) is 0 Å². The topological polar surface area (TPSA) is 96.3 Å². The molecule has 0 aliphatic carbocycles. The molecule has 3 heterocycles. The highest BCUT2D eigenvalue weighted by atomic mass is 16.6. The van der Waals surface area contributed by atoms with Gasteiger partial charge in [-0.25, -0.2) is 0 Å². The summed E-state index contributed by atoms with van der Waals surface area (Å²) in [5.41, 5.74) is -0.160. The van der Waals surface area contributed by atoms with E-state index in [-0.39, 0.29) is 47.4 Å². The number of aliphatic hydroxyl groups is 2. The molecule has 6 atom stereocenters. The van der Waals surface area contributed by atoms with Crippen molar-refractivity contribution in [2.24, 2.45) is 5.92 Å². The number of ketones is 1. The van der Waals surface area contributed by atoms with Gasteiger partial charge >= 0.3 is 0 Å². The van der Waals surface area contributed by atoms with Crippen molar-refractivity contribution in [1.82, 2.24) is 4.90 Å². The lowest BCUT2D eigenvalue weighted by Gasteiger charge is -2.20. The number of amides is 1. The average molecular weight is 456 g/mol. The van der Waals surface area contributed by atoms with E-state index in [0.29, 0.717) is 0 Å². The van der Waals surface area contributed by atoms with Gasteiger partial charge in [0.25, 0.3) is 5.91 Å². The molecule has 3 saturated heterocycles. The highest BCUT2D eigenvalue weighted by molar-refractivity contribution is 6.27. The van der Waals surface area contributed by atoms with Crippen LogP contribution >= 0.6 is 0 Å². The first-order chi connectivity index (χ1) is 15.7. The summed E-state index contributed by atoms with van der Waals surface area (Å²) in [6.45, 7) is 5.72. The Balaban J connectivity index is 1.46. The summed E-state index contributed by atoms with van der Waals surface area (Å²) in [5.74, 6) is -1.15. The van der Waals surface area contributed by atoms with Crippen LogP contribution in [0, 0.1) is 5.92 Å². The van der Waals surface area contributed by atoms with E-state index in [9.17, 15) is 19.8 Å². The quantitative estimate of drug-likeness (QED) is 0.265. The fraction of sp³-hybridized carbons (Fsp3) is 0.462. The molecule has 0 aromatic heterocycles. The molecule has 178 valence electrons. The molecule has 0 spiro atoms. The Labute approximate surface area is 195 Å².